The maximum absolute atomic E-state index is 4.44. The number of thiophene rings is 1. The van der Waals surface area contributed by atoms with Crippen molar-refractivity contribution in [1.82, 2.24) is 15.2 Å². The minimum atomic E-state index is 0.337. The molecule has 0 radical (unpaired) electrons. The van der Waals surface area contributed by atoms with Crippen molar-refractivity contribution in [3.05, 3.63) is 33.3 Å². The van der Waals surface area contributed by atoms with E-state index in [2.05, 4.69) is 31.9 Å². The van der Waals surface area contributed by atoms with Crippen LogP contribution in [0.1, 0.15) is 40.7 Å². The number of hydrogen-bond acceptors (Lipinski definition) is 5. The lowest BCUT2D eigenvalue weighted by Gasteiger charge is -2.23. The summed E-state index contributed by atoms with van der Waals surface area (Å²) >= 11 is 1.85. The molecule has 2 heterocycles. The van der Waals surface area contributed by atoms with Crippen LogP contribution in [-0.4, -0.2) is 15.2 Å². The smallest absolute Gasteiger partial charge is 0.243 e. The predicted octanol–water partition coefficient (Wildman–Crippen LogP) is 3.04. The van der Waals surface area contributed by atoms with Crippen LogP contribution in [0.15, 0.2) is 11.4 Å². The Balaban J connectivity index is 1.84. The van der Waals surface area contributed by atoms with E-state index in [1.165, 1.54) is 23.3 Å². The molecule has 5 heteroatoms. The zero-order valence-electron chi connectivity index (χ0n) is 10.6. The van der Waals surface area contributed by atoms with Crippen LogP contribution in [0.4, 0.5) is 5.95 Å². The van der Waals surface area contributed by atoms with Crippen molar-refractivity contribution in [3.63, 3.8) is 0 Å². The fourth-order valence-corrected chi connectivity index (χ4v) is 3.30. The molecule has 1 unspecified atom stereocenters. The molecular formula is C13H16N4S. The topological polar surface area (TPSA) is 50.7 Å². The molecule has 2 aromatic rings. The maximum atomic E-state index is 4.44. The van der Waals surface area contributed by atoms with E-state index in [0.717, 1.165) is 17.8 Å². The zero-order valence-corrected chi connectivity index (χ0v) is 11.4. The molecule has 0 aliphatic heterocycles. The number of fused-ring (bicyclic) bond motifs is 1. The first-order valence-corrected chi connectivity index (χ1v) is 7.13. The van der Waals surface area contributed by atoms with Crippen LogP contribution in [0.3, 0.4) is 0 Å². The van der Waals surface area contributed by atoms with Gasteiger partial charge in [-0.2, -0.15) is 5.10 Å². The van der Waals surface area contributed by atoms with Crippen LogP contribution >= 0.6 is 11.3 Å². The molecule has 0 aromatic carbocycles. The minimum absolute atomic E-state index is 0.337. The van der Waals surface area contributed by atoms with Gasteiger partial charge in [-0.05, 0) is 50.1 Å². The van der Waals surface area contributed by atoms with Gasteiger partial charge in [-0.25, -0.2) is 4.98 Å². The summed E-state index contributed by atoms with van der Waals surface area (Å²) < 4.78 is 0. The van der Waals surface area contributed by atoms with Crippen molar-refractivity contribution in [2.45, 2.75) is 39.2 Å². The van der Waals surface area contributed by atoms with Gasteiger partial charge in [-0.15, -0.1) is 16.4 Å². The largest absolute Gasteiger partial charge is 0.346 e. The summed E-state index contributed by atoms with van der Waals surface area (Å²) in [6, 6.07) is 2.55. The Labute approximate surface area is 110 Å². The highest BCUT2D eigenvalue weighted by Gasteiger charge is 2.21. The second kappa shape index (κ2) is 4.65. The van der Waals surface area contributed by atoms with Gasteiger partial charge in [0.25, 0.3) is 0 Å². The third-order valence-electron chi connectivity index (χ3n) is 3.45. The normalized spacial score (nSPS) is 18.4. The molecule has 0 fully saturated rings. The van der Waals surface area contributed by atoms with Crippen molar-refractivity contribution < 1.29 is 0 Å². The average Bonchev–Trinajstić information content (AvgIpc) is 2.83. The quantitative estimate of drug-likeness (QED) is 0.901. The fraction of sp³-hybridized carbons (Fsp3) is 0.462. The van der Waals surface area contributed by atoms with E-state index >= 15 is 0 Å². The van der Waals surface area contributed by atoms with E-state index in [0.29, 0.717) is 12.0 Å². The van der Waals surface area contributed by atoms with E-state index in [-0.39, 0.29) is 0 Å². The summed E-state index contributed by atoms with van der Waals surface area (Å²) in [6.07, 6.45) is 3.57. The van der Waals surface area contributed by atoms with Gasteiger partial charge in [-0.1, -0.05) is 0 Å². The Morgan fingerprint density at radius 2 is 2.17 bits per heavy atom. The molecule has 3 rings (SSSR count). The average molecular weight is 260 g/mol. The van der Waals surface area contributed by atoms with E-state index < -0.39 is 0 Å². The van der Waals surface area contributed by atoms with Crippen LogP contribution in [0.5, 0.6) is 0 Å². The molecule has 0 bridgehead atoms. The highest BCUT2D eigenvalue weighted by atomic mass is 32.1. The van der Waals surface area contributed by atoms with Crippen molar-refractivity contribution >= 4 is 17.3 Å². The lowest BCUT2D eigenvalue weighted by Crippen LogP contribution is -2.18. The van der Waals surface area contributed by atoms with Crippen LogP contribution in [0, 0.1) is 13.8 Å². The number of aromatic nitrogens is 3. The molecule has 1 aliphatic carbocycles. The molecule has 0 spiro atoms. The second-order valence-electron chi connectivity index (χ2n) is 4.69. The van der Waals surface area contributed by atoms with Gasteiger partial charge in [0.05, 0.1) is 17.4 Å². The predicted molar refractivity (Wildman–Crippen MR) is 72.9 cm³/mol. The summed E-state index contributed by atoms with van der Waals surface area (Å²) in [5, 5.41) is 13.8. The third kappa shape index (κ3) is 2.10. The number of anilines is 1. The Bertz CT molecular complexity index is 564. The van der Waals surface area contributed by atoms with Crippen molar-refractivity contribution in [2.24, 2.45) is 0 Å². The van der Waals surface area contributed by atoms with Gasteiger partial charge in [0.15, 0.2) is 0 Å². The number of aryl methyl sites for hydroxylation is 3. The number of rotatable bonds is 2. The molecule has 1 N–H and O–H groups in total. The molecule has 2 aromatic heterocycles. The Hall–Kier alpha value is -1.49. The van der Waals surface area contributed by atoms with Crippen LogP contribution < -0.4 is 5.32 Å². The zero-order chi connectivity index (χ0) is 12.5. The molecule has 94 valence electrons. The summed E-state index contributed by atoms with van der Waals surface area (Å²) in [5.41, 5.74) is 3.24. The first-order chi connectivity index (χ1) is 8.74. The van der Waals surface area contributed by atoms with Crippen LogP contribution in [-0.2, 0) is 6.42 Å². The van der Waals surface area contributed by atoms with Crippen LogP contribution in [0.25, 0.3) is 0 Å². The first-order valence-electron chi connectivity index (χ1n) is 6.25. The first kappa shape index (κ1) is 11.6. The van der Waals surface area contributed by atoms with Crippen molar-refractivity contribution in [2.75, 3.05) is 5.32 Å². The van der Waals surface area contributed by atoms with Crippen molar-refractivity contribution in [3.8, 4) is 0 Å². The number of hydrogen-bond donors (Lipinski definition) is 1. The second-order valence-corrected chi connectivity index (χ2v) is 5.70. The molecule has 1 atom stereocenters. The highest BCUT2D eigenvalue weighted by molar-refractivity contribution is 7.10. The molecule has 1 aliphatic rings. The standard InChI is InChI=1S/C13H16N4S/c1-8-9(2)16-17-13(14-8)15-11-4-3-5-12-10(11)6-7-18-12/h6-7,11H,3-5H2,1-2H3,(H,14,15,17). The maximum Gasteiger partial charge on any atom is 0.243 e. The third-order valence-corrected chi connectivity index (χ3v) is 4.44. The van der Waals surface area contributed by atoms with E-state index in [9.17, 15) is 0 Å². The van der Waals surface area contributed by atoms with E-state index in [1.807, 2.05) is 25.2 Å². The summed E-state index contributed by atoms with van der Waals surface area (Å²) in [4.78, 5) is 5.94. The van der Waals surface area contributed by atoms with E-state index in [1.54, 1.807) is 0 Å². The van der Waals surface area contributed by atoms with Crippen LogP contribution in [0.2, 0.25) is 0 Å². The Morgan fingerprint density at radius 1 is 1.28 bits per heavy atom. The SMILES string of the molecule is Cc1nnc(NC2CCCc3sccc32)nc1C. The van der Waals surface area contributed by atoms with Crippen molar-refractivity contribution in [1.29, 1.82) is 0 Å². The Morgan fingerprint density at radius 3 is 3.00 bits per heavy atom. The van der Waals surface area contributed by atoms with Gasteiger partial charge in [0, 0.05) is 4.88 Å². The lowest BCUT2D eigenvalue weighted by molar-refractivity contribution is 0.602. The van der Waals surface area contributed by atoms with E-state index in [4.69, 9.17) is 0 Å². The summed E-state index contributed by atoms with van der Waals surface area (Å²) in [6.45, 7) is 3.89. The molecule has 0 amide bonds. The monoisotopic (exact) mass is 260 g/mol. The molecule has 0 saturated carbocycles. The van der Waals surface area contributed by atoms with Gasteiger partial charge < -0.3 is 5.32 Å². The Kier molecular flexibility index (Phi) is 2.99. The highest BCUT2D eigenvalue weighted by Crippen LogP contribution is 2.34. The molecular weight excluding hydrogens is 244 g/mol. The number of nitrogens with one attached hydrogen (secondary N) is 1. The summed E-state index contributed by atoms with van der Waals surface area (Å²) in [7, 11) is 0. The molecule has 18 heavy (non-hydrogen) atoms. The van der Waals surface area contributed by atoms with Gasteiger partial charge in [0.1, 0.15) is 0 Å². The lowest BCUT2D eigenvalue weighted by atomic mass is 9.94. The summed E-state index contributed by atoms with van der Waals surface area (Å²) in [5.74, 6) is 0.641. The molecule has 0 saturated heterocycles. The minimum Gasteiger partial charge on any atom is -0.346 e. The molecule has 4 nitrogen and oxygen atoms in total. The van der Waals surface area contributed by atoms with Gasteiger partial charge >= 0.3 is 0 Å². The number of nitrogens with zero attached hydrogens (tertiary/aromatic N) is 3. The van der Waals surface area contributed by atoms with Gasteiger partial charge in [0.2, 0.25) is 5.95 Å². The van der Waals surface area contributed by atoms with Gasteiger partial charge in [-0.3, -0.25) is 0 Å². The fourth-order valence-electron chi connectivity index (χ4n) is 2.31.